The van der Waals surface area contributed by atoms with Crippen LogP contribution in [0, 0.1) is 0 Å². The molecule has 0 spiro atoms. The Balaban J connectivity index is 1.35. The van der Waals surface area contributed by atoms with Gasteiger partial charge in [0.25, 0.3) is 0 Å². The predicted molar refractivity (Wildman–Crippen MR) is 120 cm³/mol. The van der Waals surface area contributed by atoms with Crippen molar-refractivity contribution >= 4 is 23.4 Å². The van der Waals surface area contributed by atoms with Crippen LogP contribution in [0.15, 0.2) is 53.7 Å². The summed E-state index contributed by atoms with van der Waals surface area (Å²) in [5.41, 5.74) is 1.21. The van der Waals surface area contributed by atoms with Gasteiger partial charge in [-0.2, -0.15) is 0 Å². The molecule has 1 aliphatic rings. The zero-order valence-electron chi connectivity index (χ0n) is 17.1. The molecule has 1 aliphatic heterocycles. The molecule has 0 radical (unpaired) electrons. The van der Waals surface area contributed by atoms with Gasteiger partial charge in [0.15, 0.2) is 5.96 Å². The Morgan fingerprint density at radius 1 is 1.31 bits per heavy atom. The maximum absolute atomic E-state index is 6.27. The summed E-state index contributed by atoms with van der Waals surface area (Å²) in [5, 5.41) is 7.57. The number of pyridine rings is 1. The van der Waals surface area contributed by atoms with Gasteiger partial charge in [0.05, 0.1) is 11.1 Å². The van der Waals surface area contributed by atoms with Crippen LogP contribution in [0.25, 0.3) is 0 Å². The number of aliphatic imine (C=N–C) groups is 1. The van der Waals surface area contributed by atoms with E-state index in [-0.39, 0.29) is 6.10 Å². The summed E-state index contributed by atoms with van der Waals surface area (Å²) in [4.78, 5) is 11.0. The Hall–Kier alpha value is -2.31. The van der Waals surface area contributed by atoms with Gasteiger partial charge in [0.1, 0.15) is 5.82 Å². The zero-order chi connectivity index (χ0) is 20.5. The smallest absolute Gasteiger partial charge is 0.191 e. The zero-order valence-corrected chi connectivity index (χ0v) is 17.9. The number of benzene rings is 1. The number of ether oxygens (including phenoxy) is 1. The number of nitrogens with zero attached hydrogens (tertiary/aromatic N) is 3. The molecule has 1 saturated heterocycles. The van der Waals surface area contributed by atoms with Crippen LogP contribution in [0.5, 0.6) is 0 Å². The van der Waals surface area contributed by atoms with Crippen LogP contribution < -0.4 is 15.5 Å². The highest BCUT2D eigenvalue weighted by molar-refractivity contribution is 6.32. The van der Waals surface area contributed by atoms with E-state index >= 15 is 0 Å². The second kappa shape index (κ2) is 11.0. The number of guanidine groups is 1. The standard InChI is InChI=1S/C22H30ClN5O/c1-17(18-8-4-3-5-9-18)29-15-7-13-26-22(24-2)27-19-11-14-28(16-19)21-20(23)10-6-12-25-21/h3-6,8-10,12,17,19H,7,11,13-16H2,1-2H3,(H2,24,26,27). The van der Waals surface area contributed by atoms with E-state index in [0.717, 1.165) is 44.3 Å². The van der Waals surface area contributed by atoms with E-state index in [0.29, 0.717) is 17.7 Å². The molecule has 1 fully saturated rings. The van der Waals surface area contributed by atoms with E-state index in [4.69, 9.17) is 16.3 Å². The van der Waals surface area contributed by atoms with Gasteiger partial charge in [-0.3, -0.25) is 4.99 Å². The Morgan fingerprint density at radius 2 is 2.14 bits per heavy atom. The third-order valence-electron chi connectivity index (χ3n) is 5.04. The minimum atomic E-state index is 0.108. The molecular weight excluding hydrogens is 386 g/mol. The third kappa shape index (κ3) is 6.34. The fraction of sp³-hybridized carbons (Fsp3) is 0.455. The first-order valence-electron chi connectivity index (χ1n) is 10.2. The minimum Gasteiger partial charge on any atom is -0.374 e. The topological polar surface area (TPSA) is 61.8 Å². The van der Waals surface area contributed by atoms with Crippen molar-refractivity contribution in [2.24, 2.45) is 4.99 Å². The van der Waals surface area contributed by atoms with Crippen molar-refractivity contribution in [2.45, 2.75) is 31.9 Å². The number of hydrogen-bond acceptors (Lipinski definition) is 4. The molecule has 0 saturated carbocycles. The molecule has 1 aromatic carbocycles. The predicted octanol–water partition coefficient (Wildman–Crippen LogP) is 3.65. The van der Waals surface area contributed by atoms with Crippen molar-refractivity contribution in [3.05, 3.63) is 59.2 Å². The average molecular weight is 416 g/mol. The monoisotopic (exact) mass is 415 g/mol. The van der Waals surface area contributed by atoms with Crippen molar-refractivity contribution in [3.8, 4) is 0 Å². The SMILES string of the molecule is CN=C(NCCCOC(C)c1ccccc1)NC1CCN(c2ncccc2Cl)C1. The molecule has 6 nitrogen and oxygen atoms in total. The summed E-state index contributed by atoms with van der Waals surface area (Å²) >= 11 is 6.27. The lowest BCUT2D eigenvalue weighted by Crippen LogP contribution is -2.45. The highest BCUT2D eigenvalue weighted by Crippen LogP contribution is 2.25. The molecule has 1 aromatic heterocycles. The molecule has 2 heterocycles. The van der Waals surface area contributed by atoms with Gasteiger partial charge in [-0.15, -0.1) is 0 Å². The van der Waals surface area contributed by atoms with Crippen LogP contribution in [0.2, 0.25) is 5.02 Å². The van der Waals surface area contributed by atoms with Crippen molar-refractivity contribution in [3.63, 3.8) is 0 Å². The first-order chi connectivity index (χ1) is 14.2. The number of nitrogens with one attached hydrogen (secondary N) is 2. The van der Waals surface area contributed by atoms with Gasteiger partial charge in [-0.05, 0) is 37.5 Å². The minimum absolute atomic E-state index is 0.108. The molecule has 2 aromatic rings. The average Bonchev–Trinajstić information content (AvgIpc) is 3.21. The van der Waals surface area contributed by atoms with Gasteiger partial charge >= 0.3 is 0 Å². The summed E-state index contributed by atoms with van der Waals surface area (Å²) in [5.74, 6) is 1.67. The quantitative estimate of drug-likeness (QED) is 0.391. The second-order valence-corrected chi connectivity index (χ2v) is 7.57. The Kier molecular flexibility index (Phi) is 8.14. The molecule has 0 aliphatic carbocycles. The van der Waals surface area contributed by atoms with Gasteiger partial charge in [-0.25, -0.2) is 4.98 Å². The summed E-state index contributed by atoms with van der Waals surface area (Å²) in [6.45, 7) is 5.38. The number of rotatable bonds is 8. The van der Waals surface area contributed by atoms with Crippen LogP contribution in [-0.4, -0.2) is 50.3 Å². The lowest BCUT2D eigenvalue weighted by atomic mass is 10.1. The third-order valence-corrected chi connectivity index (χ3v) is 5.34. The molecule has 0 bridgehead atoms. The molecule has 2 atom stereocenters. The maximum Gasteiger partial charge on any atom is 0.191 e. The lowest BCUT2D eigenvalue weighted by molar-refractivity contribution is 0.0646. The molecule has 29 heavy (non-hydrogen) atoms. The highest BCUT2D eigenvalue weighted by Gasteiger charge is 2.25. The van der Waals surface area contributed by atoms with Gasteiger partial charge in [-0.1, -0.05) is 41.9 Å². The Labute approximate surface area is 178 Å². The summed E-state index contributed by atoms with van der Waals surface area (Å²) in [7, 11) is 1.80. The van der Waals surface area contributed by atoms with Crippen molar-refractivity contribution < 1.29 is 4.74 Å². The normalized spacial score (nSPS) is 18.0. The van der Waals surface area contributed by atoms with Crippen LogP contribution in [0.3, 0.4) is 0 Å². The molecule has 7 heteroatoms. The van der Waals surface area contributed by atoms with Gasteiger partial charge in [0, 0.05) is 45.5 Å². The molecule has 2 N–H and O–H groups in total. The van der Waals surface area contributed by atoms with Crippen LogP contribution in [-0.2, 0) is 4.74 Å². The first kappa shape index (κ1) is 21.4. The lowest BCUT2D eigenvalue weighted by Gasteiger charge is -2.20. The molecule has 156 valence electrons. The first-order valence-corrected chi connectivity index (χ1v) is 10.5. The summed E-state index contributed by atoms with van der Waals surface area (Å²) in [6, 6.07) is 14.3. The maximum atomic E-state index is 6.27. The van der Waals surface area contributed by atoms with Crippen LogP contribution in [0.4, 0.5) is 5.82 Å². The fourth-order valence-corrected chi connectivity index (χ4v) is 3.67. The van der Waals surface area contributed by atoms with E-state index in [2.05, 4.69) is 44.6 Å². The molecule has 0 amide bonds. The summed E-state index contributed by atoms with van der Waals surface area (Å²) < 4.78 is 5.92. The number of hydrogen-bond donors (Lipinski definition) is 2. The van der Waals surface area contributed by atoms with E-state index in [9.17, 15) is 0 Å². The van der Waals surface area contributed by atoms with Gasteiger partial charge in [0.2, 0.25) is 0 Å². The molecule has 3 rings (SSSR count). The number of anilines is 1. The van der Waals surface area contributed by atoms with Crippen molar-refractivity contribution in [1.29, 1.82) is 0 Å². The molecular formula is C22H30ClN5O. The van der Waals surface area contributed by atoms with E-state index in [1.807, 2.05) is 30.3 Å². The second-order valence-electron chi connectivity index (χ2n) is 7.16. The van der Waals surface area contributed by atoms with Crippen LogP contribution in [0.1, 0.15) is 31.4 Å². The van der Waals surface area contributed by atoms with Gasteiger partial charge < -0.3 is 20.3 Å². The summed E-state index contributed by atoms with van der Waals surface area (Å²) in [6.07, 6.45) is 3.82. The molecule has 2 unspecified atom stereocenters. The van der Waals surface area contributed by atoms with Crippen molar-refractivity contribution in [2.75, 3.05) is 38.2 Å². The largest absolute Gasteiger partial charge is 0.374 e. The highest BCUT2D eigenvalue weighted by atomic mass is 35.5. The van der Waals surface area contributed by atoms with E-state index in [1.165, 1.54) is 5.56 Å². The number of aromatic nitrogens is 1. The van der Waals surface area contributed by atoms with E-state index < -0.39 is 0 Å². The van der Waals surface area contributed by atoms with Crippen LogP contribution >= 0.6 is 11.6 Å². The number of halogens is 1. The Bertz CT molecular complexity index is 786. The van der Waals surface area contributed by atoms with E-state index in [1.54, 1.807) is 13.2 Å². The fourth-order valence-electron chi connectivity index (χ4n) is 3.43. The van der Waals surface area contributed by atoms with Crippen molar-refractivity contribution in [1.82, 2.24) is 15.6 Å². The Morgan fingerprint density at radius 3 is 2.90 bits per heavy atom.